The van der Waals surface area contributed by atoms with Crippen molar-refractivity contribution in [1.29, 1.82) is 0 Å². The van der Waals surface area contributed by atoms with Crippen molar-refractivity contribution in [3.63, 3.8) is 0 Å². The summed E-state index contributed by atoms with van der Waals surface area (Å²) in [6.45, 7) is 6.34. The van der Waals surface area contributed by atoms with Crippen molar-refractivity contribution in [2.45, 2.75) is 31.1 Å². The molecule has 0 atom stereocenters. The lowest BCUT2D eigenvalue weighted by Crippen LogP contribution is -2.48. The summed E-state index contributed by atoms with van der Waals surface area (Å²) in [5.41, 5.74) is 1.32. The maximum atomic E-state index is 12.9. The molecule has 0 N–H and O–H groups in total. The van der Waals surface area contributed by atoms with Gasteiger partial charge in [-0.1, -0.05) is 43.7 Å². The predicted molar refractivity (Wildman–Crippen MR) is 112 cm³/mol. The van der Waals surface area contributed by atoms with Gasteiger partial charge in [0.1, 0.15) is 5.75 Å². The van der Waals surface area contributed by atoms with E-state index in [9.17, 15) is 8.42 Å². The van der Waals surface area contributed by atoms with Crippen molar-refractivity contribution in [2.75, 3.05) is 39.3 Å². The number of unbranched alkanes of at least 4 members (excludes halogenated alkanes) is 1. The summed E-state index contributed by atoms with van der Waals surface area (Å²) in [5, 5.41) is 0. The van der Waals surface area contributed by atoms with Gasteiger partial charge in [0.05, 0.1) is 11.5 Å². The molecule has 3 rings (SSSR count). The van der Waals surface area contributed by atoms with E-state index in [1.54, 1.807) is 28.6 Å². The number of piperazine rings is 1. The number of nitrogens with zero attached hydrogens (tertiary/aromatic N) is 2. The van der Waals surface area contributed by atoms with Crippen LogP contribution >= 0.6 is 0 Å². The van der Waals surface area contributed by atoms with E-state index in [0.717, 1.165) is 44.6 Å². The molecule has 5 nitrogen and oxygen atoms in total. The topological polar surface area (TPSA) is 49.9 Å². The fourth-order valence-corrected chi connectivity index (χ4v) is 4.74. The Morgan fingerprint density at radius 1 is 0.929 bits per heavy atom. The summed E-state index contributed by atoms with van der Waals surface area (Å²) < 4.78 is 33.0. The minimum Gasteiger partial charge on any atom is -0.494 e. The molecule has 0 aliphatic carbocycles. The Bertz CT molecular complexity index is 815. The fourth-order valence-electron chi connectivity index (χ4n) is 3.32. The van der Waals surface area contributed by atoms with Gasteiger partial charge in [0.2, 0.25) is 10.0 Å². The maximum absolute atomic E-state index is 12.9. The lowest BCUT2D eigenvalue weighted by molar-refractivity contribution is 0.190. The normalized spacial score (nSPS) is 16.2. The van der Waals surface area contributed by atoms with Gasteiger partial charge in [-0.3, -0.25) is 0 Å². The molecule has 0 aromatic heterocycles. The molecule has 152 valence electrons. The van der Waals surface area contributed by atoms with Crippen molar-refractivity contribution in [2.24, 2.45) is 0 Å². The van der Waals surface area contributed by atoms with E-state index in [0.29, 0.717) is 24.6 Å². The number of ether oxygens (including phenoxy) is 1. The summed E-state index contributed by atoms with van der Waals surface area (Å²) in [7, 11) is -3.44. The molecule has 1 aliphatic rings. The van der Waals surface area contributed by atoms with Crippen LogP contribution in [0, 0.1) is 0 Å². The van der Waals surface area contributed by atoms with Crippen molar-refractivity contribution in [3.8, 4) is 5.75 Å². The summed E-state index contributed by atoms with van der Waals surface area (Å²) >= 11 is 0. The second-order valence-electron chi connectivity index (χ2n) is 7.15. The lowest BCUT2D eigenvalue weighted by atomic mass is 10.1. The SMILES string of the molecule is CCCCOc1ccc(S(=O)(=O)N2CCN(CCc3ccccc3)CC2)cc1. The van der Waals surface area contributed by atoms with Crippen molar-refractivity contribution in [1.82, 2.24) is 9.21 Å². The van der Waals surface area contributed by atoms with E-state index in [2.05, 4.69) is 36.1 Å². The molecule has 6 heteroatoms. The Hall–Kier alpha value is -1.89. The largest absolute Gasteiger partial charge is 0.494 e. The zero-order valence-electron chi connectivity index (χ0n) is 16.6. The van der Waals surface area contributed by atoms with Crippen LogP contribution in [0.5, 0.6) is 5.75 Å². The van der Waals surface area contributed by atoms with Gasteiger partial charge >= 0.3 is 0 Å². The van der Waals surface area contributed by atoms with Crippen LogP contribution in [0.15, 0.2) is 59.5 Å². The minimum atomic E-state index is -3.44. The molecule has 0 unspecified atom stereocenters. The van der Waals surface area contributed by atoms with Crippen LogP contribution < -0.4 is 4.74 Å². The highest BCUT2D eigenvalue weighted by Gasteiger charge is 2.28. The van der Waals surface area contributed by atoms with Crippen LogP contribution in [0.1, 0.15) is 25.3 Å². The number of sulfonamides is 1. The molecule has 1 aliphatic heterocycles. The van der Waals surface area contributed by atoms with Crippen molar-refractivity contribution < 1.29 is 13.2 Å². The molecule has 0 radical (unpaired) electrons. The molecule has 0 bridgehead atoms. The zero-order chi connectivity index (χ0) is 19.8. The van der Waals surface area contributed by atoms with E-state index in [1.807, 2.05) is 6.07 Å². The molecule has 28 heavy (non-hydrogen) atoms. The van der Waals surface area contributed by atoms with Gasteiger partial charge in [-0.15, -0.1) is 0 Å². The number of hydrogen-bond donors (Lipinski definition) is 0. The number of rotatable bonds is 9. The van der Waals surface area contributed by atoms with E-state index >= 15 is 0 Å². The summed E-state index contributed by atoms with van der Waals surface area (Å²) in [6.07, 6.45) is 3.06. The van der Waals surface area contributed by atoms with Crippen LogP contribution in [0.4, 0.5) is 0 Å². The van der Waals surface area contributed by atoms with E-state index in [-0.39, 0.29) is 0 Å². The van der Waals surface area contributed by atoms with Gasteiger partial charge in [-0.25, -0.2) is 8.42 Å². The molecular formula is C22H30N2O3S. The standard InChI is InChI=1S/C22H30N2O3S/c1-2-3-19-27-21-9-11-22(12-10-21)28(25,26)24-17-15-23(16-18-24)14-13-20-7-5-4-6-8-20/h4-12H,2-3,13-19H2,1H3. The first-order chi connectivity index (χ1) is 13.6. The molecule has 0 spiro atoms. The lowest BCUT2D eigenvalue weighted by Gasteiger charge is -2.34. The van der Waals surface area contributed by atoms with Gasteiger partial charge in [-0.2, -0.15) is 4.31 Å². The van der Waals surface area contributed by atoms with Gasteiger partial charge in [-0.05, 0) is 42.7 Å². The number of hydrogen-bond acceptors (Lipinski definition) is 4. The van der Waals surface area contributed by atoms with Gasteiger partial charge in [0, 0.05) is 32.7 Å². The first-order valence-corrected chi connectivity index (χ1v) is 11.5. The van der Waals surface area contributed by atoms with E-state index in [1.165, 1.54) is 5.56 Å². The number of benzene rings is 2. The van der Waals surface area contributed by atoms with E-state index < -0.39 is 10.0 Å². The van der Waals surface area contributed by atoms with Crippen LogP contribution in [-0.2, 0) is 16.4 Å². The summed E-state index contributed by atoms with van der Waals surface area (Å²) in [4.78, 5) is 2.68. The Morgan fingerprint density at radius 2 is 1.61 bits per heavy atom. The highest BCUT2D eigenvalue weighted by atomic mass is 32.2. The monoisotopic (exact) mass is 402 g/mol. The Balaban J connectivity index is 1.51. The highest BCUT2D eigenvalue weighted by Crippen LogP contribution is 2.21. The average Bonchev–Trinajstić information content (AvgIpc) is 2.74. The first-order valence-electron chi connectivity index (χ1n) is 10.1. The maximum Gasteiger partial charge on any atom is 0.243 e. The summed E-state index contributed by atoms with van der Waals surface area (Å²) in [5.74, 6) is 0.720. The third kappa shape index (κ3) is 5.56. The van der Waals surface area contributed by atoms with Crippen LogP contribution in [0.2, 0.25) is 0 Å². The Morgan fingerprint density at radius 3 is 2.25 bits per heavy atom. The van der Waals surface area contributed by atoms with Gasteiger partial charge in [0.25, 0.3) is 0 Å². The third-order valence-corrected chi connectivity index (χ3v) is 7.03. The molecule has 1 saturated heterocycles. The van der Waals surface area contributed by atoms with Crippen LogP contribution in [-0.4, -0.2) is 57.0 Å². The molecule has 1 fully saturated rings. The van der Waals surface area contributed by atoms with E-state index in [4.69, 9.17) is 4.74 Å². The zero-order valence-corrected chi connectivity index (χ0v) is 17.4. The second-order valence-corrected chi connectivity index (χ2v) is 9.09. The highest BCUT2D eigenvalue weighted by molar-refractivity contribution is 7.89. The molecule has 0 amide bonds. The second kappa shape index (κ2) is 10.0. The van der Waals surface area contributed by atoms with Crippen LogP contribution in [0.25, 0.3) is 0 Å². The first kappa shape index (κ1) is 20.8. The minimum absolute atomic E-state index is 0.341. The predicted octanol–water partition coefficient (Wildman–Crippen LogP) is 3.41. The van der Waals surface area contributed by atoms with Crippen LogP contribution in [0.3, 0.4) is 0 Å². The molecule has 0 saturated carbocycles. The average molecular weight is 403 g/mol. The molecule has 1 heterocycles. The quantitative estimate of drug-likeness (QED) is 0.603. The summed E-state index contributed by atoms with van der Waals surface area (Å²) in [6, 6.07) is 17.2. The molecule has 2 aromatic rings. The molecular weight excluding hydrogens is 372 g/mol. The van der Waals surface area contributed by atoms with Gasteiger partial charge < -0.3 is 9.64 Å². The van der Waals surface area contributed by atoms with Gasteiger partial charge in [0.15, 0.2) is 0 Å². The van der Waals surface area contributed by atoms with Crippen molar-refractivity contribution >= 4 is 10.0 Å². The fraction of sp³-hybridized carbons (Fsp3) is 0.455. The van der Waals surface area contributed by atoms with Crippen molar-refractivity contribution in [3.05, 3.63) is 60.2 Å². The Kier molecular flexibility index (Phi) is 7.48. The third-order valence-electron chi connectivity index (χ3n) is 5.12. The molecule has 2 aromatic carbocycles. The Labute approximate surface area is 169 Å². The smallest absolute Gasteiger partial charge is 0.243 e.